The van der Waals surface area contributed by atoms with Crippen LogP contribution in [0.25, 0.3) is 0 Å². The van der Waals surface area contributed by atoms with E-state index >= 15 is 0 Å². The number of aliphatic hydroxyl groups excluding tert-OH is 1. The van der Waals surface area contributed by atoms with Crippen LogP contribution in [0.4, 0.5) is 0 Å². The summed E-state index contributed by atoms with van der Waals surface area (Å²) in [4.78, 5) is 0. The Labute approximate surface area is 186 Å². The third-order valence-corrected chi connectivity index (χ3v) is 13.3. The van der Waals surface area contributed by atoms with Crippen LogP contribution in [-0.2, 0) is 8.92 Å². The zero-order valence-electron chi connectivity index (χ0n) is 20.6. The van der Waals surface area contributed by atoms with Crippen molar-refractivity contribution in [1.29, 1.82) is 0 Å². The van der Waals surface area contributed by atoms with Gasteiger partial charge in [-0.25, -0.2) is 0 Å². The standard InChI is InChI=1S/C25H46O4S/c1-9-30(10-2,11-3)29-24-15-22(27)12-18-13-23(16-24,25(18,22)24)28-20(26)19(17(4)5)14-21(6,7)8/h17-20,26-27H,9-16H2,1-8H3. The molecular weight excluding hydrogens is 396 g/mol. The van der Waals surface area contributed by atoms with Crippen molar-refractivity contribution < 1.29 is 19.1 Å². The van der Waals surface area contributed by atoms with Gasteiger partial charge in [0.1, 0.15) is 0 Å². The molecule has 0 heterocycles. The second-order valence-electron chi connectivity index (χ2n) is 12.4. The molecule has 0 aromatic rings. The second kappa shape index (κ2) is 6.85. The van der Waals surface area contributed by atoms with Crippen molar-refractivity contribution in [1.82, 2.24) is 0 Å². The van der Waals surface area contributed by atoms with E-state index in [1.54, 1.807) is 0 Å². The van der Waals surface area contributed by atoms with Crippen molar-refractivity contribution >= 4 is 10.3 Å². The fourth-order valence-electron chi connectivity index (χ4n) is 8.24. The lowest BCUT2D eigenvalue weighted by atomic mass is 9.13. The first kappa shape index (κ1) is 23.4. The Balaban J connectivity index is 1.55. The number of rotatable bonds is 10. The lowest BCUT2D eigenvalue weighted by Crippen LogP contribution is -3.04. The molecule has 7 atom stereocenters. The van der Waals surface area contributed by atoms with Gasteiger partial charge in [0.2, 0.25) is 0 Å². The summed E-state index contributed by atoms with van der Waals surface area (Å²) in [6, 6.07) is 0. The van der Waals surface area contributed by atoms with Crippen LogP contribution in [0, 0.1) is 28.6 Å². The first-order chi connectivity index (χ1) is 13.8. The quantitative estimate of drug-likeness (QED) is 0.454. The summed E-state index contributed by atoms with van der Waals surface area (Å²) >= 11 is 0. The largest absolute Gasteiger partial charge is 0.389 e. The van der Waals surface area contributed by atoms with Gasteiger partial charge in [0, 0.05) is 18.8 Å². The number of hydrogen-bond acceptors (Lipinski definition) is 4. The Kier molecular flexibility index (Phi) is 5.33. The molecule has 4 rings (SSSR count). The molecule has 2 N–H and O–H groups in total. The van der Waals surface area contributed by atoms with Gasteiger partial charge in [-0.2, -0.15) is 0 Å². The fraction of sp³-hybridized carbons (Fsp3) is 1.00. The lowest BCUT2D eigenvalue weighted by molar-refractivity contribution is -0.559. The summed E-state index contributed by atoms with van der Waals surface area (Å²) < 4.78 is 13.7. The SMILES string of the molecule is CCS(CC)(CC)OC12CC3(O)CC4CC(OC(O)C(CC(C)(C)C)C(C)C)(C1)C432. The minimum absolute atomic E-state index is 0.102. The van der Waals surface area contributed by atoms with E-state index in [1.165, 1.54) is 0 Å². The smallest absolute Gasteiger partial charge is 0.158 e. The molecule has 4 aliphatic carbocycles. The summed E-state index contributed by atoms with van der Waals surface area (Å²) in [6.07, 6.45) is 3.64. The summed E-state index contributed by atoms with van der Waals surface area (Å²) in [7, 11) is -1.11. The zero-order valence-corrected chi connectivity index (χ0v) is 21.4. The van der Waals surface area contributed by atoms with Crippen LogP contribution in [0.2, 0.25) is 0 Å². The fourth-order valence-corrected chi connectivity index (χ4v) is 10.7. The minimum Gasteiger partial charge on any atom is -0.389 e. The monoisotopic (exact) mass is 442 g/mol. The topological polar surface area (TPSA) is 58.9 Å². The number of hydrogen-bond donors (Lipinski definition) is 2. The van der Waals surface area contributed by atoms with Gasteiger partial charge in [-0.1, -0.05) is 55.4 Å². The van der Waals surface area contributed by atoms with Crippen LogP contribution in [-0.4, -0.2) is 50.6 Å². The predicted molar refractivity (Wildman–Crippen MR) is 125 cm³/mol. The molecule has 7 unspecified atom stereocenters. The highest BCUT2D eigenvalue weighted by Crippen LogP contribution is 2.95. The van der Waals surface area contributed by atoms with Crippen molar-refractivity contribution in [3.63, 3.8) is 0 Å². The van der Waals surface area contributed by atoms with Crippen molar-refractivity contribution in [2.24, 2.45) is 28.6 Å². The maximum Gasteiger partial charge on any atom is 0.158 e. The predicted octanol–water partition coefficient (Wildman–Crippen LogP) is 5.25. The van der Waals surface area contributed by atoms with Crippen LogP contribution in [0.5, 0.6) is 0 Å². The lowest BCUT2D eigenvalue weighted by Gasteiger charge is -2.96. The molecule has 4 saturated carbocycles. The summed E-state index contributed by atoms with van der Waals surface area (Å²) in [5.74, 6) is 4.20. The van der Waals surface area contributed by atoms with E-state index in [9.17, 15) is 10.2 Å². The van der Waals surface area contributed by atoms with Crippen LogP contribution in [0.3, 0.4) is 0 Å². The molecule has 5 heteroatoms. The molecule has 4 fully saturated rings. The number of ether oxygens (including phenoxy) is 1. The first-order valence-electron chi connectivity index (χ1n) is 12.3. The molecule has 0 bridgehead atoms. The summed E-state index contributed by atoms with van der Waals surface area (Å²) in [6.45, 7) is 17.8. The van der Waals surface area contributed by atoms with E-state index in [0.29, 0.717) is 11.8 Å². The highest BCUT2D eigenvalue weighted by atomic mass is 32.3. The molecule has 176 valence electrons. The average Bonchev–Trinajstić information content (AvgIpc) is 2.60. The van der Waals surface area contributed by atoms with Gasteiger partial charge in [-0.05, 0) is 53.8 Å². The highest BCUT2D eigenvalue weighted by molar-refractivity contribution is 8.29. The Bertz CT molecular complexity index is 677. The van der Waals surface area contributed by atoms with Crippen LogP contribution in [0.15, 0.2) is 0 Å². The molecule has 0 amide bonds. The van der Waals surface area contributed by atoms with E-state index in [-0.39, 0.29) is 27.9 Å². The van der Waals surface area contributed by atoms with E-state index in [2.05, 4.69) is 55.4 Å². The molecule has 0 aromatic heterocycles. The molecule has 0 saturated heterocycles. The molecule has 0 aromatic carbocycles. The van der Waals surface area contributed by atoms with Crippen LogP contribution < -0.4 is 0 Å². The Morgan fingerprint density at radius 3 is 2.03 bits per heavy atom. The number of aliphatic hydroxyl groups is 2. The summed E-state index contributed by atoms with van der Waals surface area (Å²) in [5, 5.41) is 22.6. The molecule has 30 heavy (non-hydrogen) atoms. The van der Waals surface area contributed by atoms with Gasteiger partial charge in [0.25, 0.3) is 0 Å². The van der Waals surface area contributed by atoms with E-state index in [0.717, 1.165) is 49.4 Å². The van der Waals surface area contributed by atoms with Crippen molar-refractivity contribution in [3.8, 4) is 0 Å². The van der Waals surface area contributed by atoms with Crippen molar-refractivity contribution in [2.45, 2.75) is 111 Å². The molecular formula is C25H46O4S. The third kappa shape index (κ3) is 2.68. The Morgan fingerprint density at radius 1 is 1.00 bits per heavy atom. The molecule has 0 radical (unpaired) electrons. The van der Waals surface area contributed by atoms with Gasteiger partial charge in [-0.15, -0.1) is 10.3 Å². The van der Waals surface area contributed by atoms with Gasteiger partial charge in [0.15, 0.2) is 6.29 Å². The second-order valence-corrected chi connectivity index (χ2v) is 16.2. The minimum atomic E-state index is -1.11. The van der Waals surface area contributed by atoms with Gasteiger partial charge >= 0.3 is 0 Å². The van der Waals surface area contributed by atoms with Gasteiger partial charge in [0.05, 0.1) is 22.2 Å². The molecule has 1 spiro atoms. The van der Waals surface area contributed by atoms with E-state index < -0.39 is 22.2 Å². The molecule has 4 aliphatic rings. The maximum atomic E-state index is 11.4. The maximum absolute atomic E-state index is 11.4. The third-order valence-electron chi connectivity index (χ3n) is 9.42. The van der Waals surface area contributed by atoms with Crippen molar-refractivity contribution in [2.75, 3.05) is 17.3 Å². The molecule has 0 aliphatic heterocycles. The van der Waals surface area contributed by atoms with Crippen LogP contribution in [0.1, 0.15) is 87.5 Å². The van der Waals surface area contributed by atoms with E-state index in [4.69, 9.17) is 8.92 Å². The highest BCUT2D eigenvalue weighted by Gasteiger charge is 3.02. The van der Waals surface area contributed by atoms with Gasteiger partial charge in [-0.3, -0.25) is 0 Å². The van der Waals surface area contributed by atoms with Crippen molar-refractivity contribution in [3.05, 3.63) is 0 Å². The Morgan fingerprint density at radius 2 is 1.60 bits per heavy atom. The normalized spacial score (nSPS) is 44.0. The first-order valence-corrected chi connectivity index (χ1v) is 14.4. The average molecular weight is 443 g/mol. The van der Waals surface area contributed by atoms with Crippen LogP contribution >= 0.6 is 10.3 Å². The molecule has 4 nitrogen and oxygen atoms in total. The van der Waals surface area contributed by atoms with E-state index in [1.807, 2.05) is 0 Å². The zero-order chi connectivity index (χ0) is 22.4. The van der Waals surface area contributed by atoms with Gasteiger partial charge < -0.3 is 19.1 Å². The summed E-state index contributed by atoms with van der Waals surface area (Å²) in [5.41, 5.74) is -1.34. The Hall–Kier alpha value is 0.190.